The molecule has 0 aliphatic carbocycles. The fourth-order valence-corrected chi connectivity index (χ4v) is 3.40. The lowest BCUT2D eigenvalue weighted by molar-refractivity contribution is 0.00915. The van der Waals surface area contributed by atoms with Gasteiger partial charge in [-0.05, 0) is 25.0 Å². The summed E-state index contributed by atoms with van der Waals surface area (Å²) in [5.74, 6) is 1.21. The van der Waals surface area contributed by atoms with Crippen LogP contribution in [0.15, 0.2) is 16.7 Å². The van der Waals surface area contributed by atoms with Crippen molar-refractivity contribution in [2.45, 2.75) is 18.3 Å². The van der Waals surface area contributed by atoms with Gasteiger partial charge >= 0.3 is 0 Å². The molecule has 108 valence electrons. The number of thiophene rings is 1. The number of hydrogen-bond acceptors (Lipinski definition) is 6. The Hall–Kier alpha value is -0.950. The van der Waals surface area contributed by atoms with E-state index in [1.807, 2.05) is 12.1 Å². The Bertz CT molecular complexity index is 572. The molecule has 3 rings (SSSR count). The largest absolute Gasteiger partial charge is 0.384 e. The van der Waals surface area contributed by atoms with E-state index in [-0.39, 0.29) is 5.41 Å². The molecule has 2 aromatic rings. The molecule has 0 spiro atoms. The van der Waals surface area contributed by atoms with Crippen molar-refractivity contribution in [1.82, 2.24) is 10.1 Å². The van der Waals surface area contributed by atoms with Gasteiger partial charge in [-0.25, -0.2) is 0 Å². The van der Waals surface area contributed by atoms with Crippen LogP contribution in [0.3, 0.4) is 0 Å². The van der Waals surface area contributed by atoms with Crippen molar-refractivity contribution >= 4 is 22.9 Å². The standard InChI is InChI=1S/C13H15ClN2O3S/c1-17-8-13(4-6-18-7-5-13)12-15-11(19-16-12)9-2-3-10(14)20-9/h2-3H,4-8H2,1H3. The van der Waals surface area contributed by atoms with Gasteiger partial charge in [0.05, 0.1) is 21.2 Å². The Kier molecular flexibility index (Phi) is 4.07. The van der Waals surface area contributed by atoms with E-state index >= 15 is 0 Å². The second-order valence-corrected chi connectivity index (χ2v) is 6.57. The molecular weight excluding hydrogens is 300 g/mol. The van der Waals surface area contributed by atoms with Gasteiger partial charge in [0, 0.05) is 20.3 Å². The van der Waals surface area contributed by atoms with E-state index in [2.05, 4.69) is 10.1 Å². The highest BCUT2D eigenvalue weighted by molar-refractivity contribution is 7.19. The van der Waals surface area contributed by atoms with Crippen LogP contribution in [-0.4, -0.2) is 37.1 Å². The molecule has 0 unspecified atom stereocenters. The summed E-state index contributed by atoms with van der Waals surface area (Å²) in [5, 5.41) is 4.16. The minimum absolute atomic E-state index is 0.212. The van der Waals surface area contributed by atoms with E-state index < -0.39 is 0 Å². The number of rotatable bonds is 4. The zero-order valence-electron chi connectivity index (χ0n) is 11.1. The van der Waals surface area contributed by atoms with Gasteiger partial charge < -0.3 is 14.0 Å². The zero-order valence-corrected chi connectivity index (χ0v) is 12.7. The molecule has 0 saturated carbocycles. The van der Waals surface area contributed by atoms with Crippen molar-refractivity contribution in [3.63, 3.8) is 0 Å². The summed E-state index contributed by atoms with van der Waals surface area (Å²) in [6.45, 7) is 1.96. The minimum atomic E-state index is -0.212. The van der Waals surface area contributed by atoms with Gasteiger partial charge in [0.25, 0.3) is 5.89 Å². The van der Waals surface area contributed by atoms with Gasteiger partial charge in [0.15, 0.2) is 5.82 Å². The lowest BCUT2D eigenvalue weighted by Crippen LogP contribution is -2.39. The molecule has 0 bridgehead atoms. The first-order valence-corrected chi connectivity index (χ1v) is 7.59. The molecule has 0 radical (unpaired) electrons. The van der Waals surface area contributed by atoms with Crippen molar-refractivity contribution in [3.8, 4) is 10.8 Å². The van der Waals surface area contributed by atoms with Gasteiger partial charge in [0.2, 0.25) is 0 Å². The van der Waals surface area contributed by atoms with Gasteiger partial charge in [-0.2, -0.15) is 4.98 Å². The average molecular weight is 315 g/mol. The fourth-order valence-electron chi connectivity index (χ4n) is 2.44. The Balaban J connectivity index is 1.90. The Labute approximate surface area is 125 Å². The molecule has 5 nitrogen and oxygen atoms in total. The minimum Gasteiger partial charge on any atom is -0.384 e. The van der Waals surface area contributed by atoms with Crippen LogP contribution in [0.2, 0.25) is 4.34 Å². The average Bonchev–Trinajstić information content (AvgIpc) is 3.09. The first-order chi connectivity index (χ1) is 9.73. The lowest BCUT2D eigenvalue weighted by Gasteiger charge is -2.33. The smallest absolute Gasteiger partial charge is 0.268 e. The molecule has 0 amide bonds. The molecule has 0 N–H and O–H groups in total. The number of aromatic nitrogens is 2. The van der Waals surface area contributed by atoms with E-state index in [1.54, 1.807) is 7.11 Å². The maximum absolute atomic E-state index is 5.94. The van der Waals surface area contributed by atoms with Crippen LogP contribution in [0.1, 0.15) is 18.7 Å². The van der Waals surface area contributed by atoms with Gasteiger partial charge in [-0.1, -0.05) is 16.8 Å². The van der Waals surface area contributed by atoms with Gasteiger partial charge in [-0.3, -0.25) is 0 Å². The van der Waals surface area contributed by atoms with Crippen LogP contribution in [0.4, 0.5) is 0 Å². The second-order valence-electron chi connectivity index (χ2n) is 4.85. The molecule has 3 heterocycles. The predicted octanol–water partition coefficient (Wildman–Crippen LogP) is 3.15. The number of halogens is 1. The first kappa shape index (κ1) is 14.0. The monoisotopic (exact) mass is 314 g/mol. The Morgan fingerprint density at radius 3 is 2.85 bits per heavy atom. The molecular formula is C13H15ClN2O3S. The topological polar surface area (TPSA) is 57.4 Å². The number of ether oxygens (including phenoxy) is 2. The van der Waals surface area contributed by atoms with Crippen molar-refractivity contribution in [3.05, 3.63) is 22.3 Å². The zero-order chi connectivity index (χ0) is 14.0. The first-order valence-electron chi connectivity index (χ1n) is 6.40. The van der Waals surface area contributed by atoms with Crippen LogP contribution in [-0.2, 0) is 14.9 Å². The maximum atomic E-state index is 5.94. The number of nitrogens with zero attached hydrogens (tertiary/aromatic N) is 2. The van der Waals surface area contributed by atoms with Crippen LogP contribution < -0.4 is 0 Å². The quantitative estimate of drug-likeness (QED) is 0.867. The van der Waals surface area contributed by atoms with Gasteiger partial charge in [0.1, 0.15) is 0 Å². The normalized spacial score (nSPS) is 18.3. The van der Waals surface area contributed by atoms with E-state index in [0.29, 0.717) is 35.9 Å². The second kappa shape index (κ2) is 5.81. The summed E-state index contributed by atoms with van der Waals surface area (Å²) in [5.41, 5.74) is -0.212. The van der Waals surface area contributed by atoms with Crippen LogP contribution in [0.25, 0.3) is 10.8 Å². The summed E-state index contributed by atoms with van der Waals surface area (Å²) >= 11 is 7.36. The van der Waals surface area contributed by atoms with Crippen molar-refractivity contribution in [2.75, 3.05) is 26.9 Å². The number of methoxy groups -OCH3 is 1. The van der Waals surface area contributed by atoms with Gasteiger partial charge in [-0.15, -0.1) is 11.3 Å². The van der Waals surface area contributed by atoms with Crippen LogP contribution in [0.5, 0.6) is 0 Å². The highest BCUT2D eigenvalue weighted by atomic mass is 35.5. The lowest BCUT2D eigenvalue weighted by atomic mass is 9.80. The third kappa shape index (κ3) is 2.61. The third-order valence-corrected chi connectivity index (χ3v) is 4.77. The third-order valence-electron chi connectivity index (χ3n) is 3.55. The SMILES string of the molecule is COCC1(c2noc(-c3ccc(Cl)s3)n2)CCOCC1. The highest BCUT2D eigenvalue weighted by Crippen LogP contribution is 2.36. The molecule has 1 saturated heterocycles. The summed E-state index contributed by atoms with van der Waals surface area (Å²) in [6.07, 6.45) is 1.68. The van der Waals surface area contributed by atoms with Crippen molar-refractivity contribution in [1.29, 1.82) is 0 Å². The summed E-state index contributed by atoms with van der Waals surface area (Å²) in [6, 6.07) is 3.71. The Morgan fingerprint density at radius 2 is 2.20 bits per heavy atom. The summed E-state index contributed by atoms with van der Waals surface area (Å²) < 4.78 is 16.9. The maximum Gasteiger partial charge on any atom is 0.268 e. The van der Waals surface area contributed by atoms with E-state index in [9.17, 15) is 0 Å². The Morgan fingerprint density at radius 1 is 1.40 bits per heavy atom. The van der Waals surface area contributed by atoms with Crippen molar-refractivity contribution < 1.29 is 14.0 Å². The van der Waals surface area contributed by atoms with E-state index in [0.717, 1.165) is 17.7 Å². The molecule has 2 aromatic heterocycles. The molecule has 1 aliphatic heterocycles. The molecule has 1 aliphatic rings. The van der Waals surface area contributed by atoms with E-state index in [4.69, 9.17) is 25.6 Å². The predicted molar refractivity (Wildman–Crippen MR) is 76.2 cm³/mol. The summed E-state index contributed by atoms with van der Waals surface area (Å²) in [4.78, 5) is 5.43. The number of hydrogen-bond donors (Lipinski definition) is 0. The molecule has 7 heteroatoms. The van der Waals surface area contributed by atoms with Crippen LogP contribution >= 0.6 is 22.9 Å². The highest BCUT2D eigenvalue weighted by Gasteiger charge is 2.39. The molecule has 20 heavy (non-hydrogen) atoms. The van der Waals surface area contributed by atoms with Crippen molar-refractivity contribution in [2.24, 2.45) is 0 Å². The molecule has 0 aromatic carbocycles. The van der Waals surface area contributed by atoms with Crippen LogP contribution in [0, 0.1) is 0 Å². The fraction of sp³-hybridized carbons (Fsp3) is 0.538. The molecule has 1 fully saturated rings. The molecule has 0 atom stereocenters. The summed E-state index contributed by atoms with van der Waals surface area (Å²) in [7, 11) is 1.69. The van der Waals surface area contributed by atoms with E-state index in [1.165, 1.54) is 11.3 Å².